The number of aliphatic carboxylic acids is 1. The number of benzene rings is 2. The van der Waals surface area contributed by atoms with Crippen molar-refractivity contribution in [1.82, 2.24) is 16.0 Å². The monoisotopic (exact) mass is 536 g/mol. The molecule has 1 aliphatic rings. The van der Waals surface area contributed by atoms with Crippen molar-refractivity contribution < 1.29 is 29.4 Å². The van der Waals surface area contributed by atoms with Gasteiger partial charge in [-0.1, -0.05) is 48.6 Å². The number of carbonyl (C=O) groups excluding carboxylic acids is 3. The Bertz CT molecular complexity index is 1180. The van der Waals surface area contributed by atoms with Crippen molar-refractivity contribution in [2.75, 3.05) is 0 Å². The molecule has 10 heteroatoms. The number of hydrogen-bond donors (Lipinski definition) is 6. The molecule has 0 fully saturated rings. The summed E-state index contributed by atoms with van der Waals surface area (Å²) < 4.78 is 0. The number of carboxylic acids is 1. The Hall–Kier alpha value is -4.18. The molecule has 0 radical (unpaired) electrons. The minimum Gasteiger partial charge on any atom is -0.508 e. The molecule has 2 aromatic rings. The van der Waals surface area contributed by atoms with Crippen LogP contribution < -0.4 is 21.7 Å². The lowest BCUT2D eigenvalue weighted by Gasteiger charge is -2.23. The molecule has 3 rings (SSSR count). The third-order valence-corrected chi connectivity index (χ3v) is 6.52. The van der Waals surface area contributed by atoms with Crippen LogP contribution in [0.2, 0.25) is 0 Å². The third-order valence-electron chi connectivity index (χ3n) is 6.52. The molecule has 0 unspecified atom stereocenters. The van der Waals surface area contributed by atoms with Crippen LogP contribution in [-0.4, -0.2) is 52.0 Å². The van der Waals surface area contributed by atoms with Gasteiger partial charge in [0.05, 0.1) is 12.5 Å². The van der Waals surface area contributed by atoms with E-state index in [0.717, 1.165) is 5.56 Å². The lowest BCUT2D eigenvalue weighted by molar-refractivity contribution is -0.136. The minimum atomic E-state index is -0.966. The molecular formula is C29H36N4O6. The van der Waals surface area contributed by atoms with E-state index < -0.39 is 35.9 Å². The molecule has 7 N–H and O–H groups in total. The normalized spacial score (nSPS) is 21.6. The van der Waals surface area contributed by atoms with Crippen molar-refractivity contribution in [3.63, 3.8) is 0 Å². The first-order valence-corrected chi connectivity index (χ1v) is 13.1. The zero-order valence-corrected chi connectivity index (χ0v) is 21.8. The molecule has 208 valence electrons. The van der Waals surface area contributed by atoms with Crippen LogP contribution in [0.3, 0.4) is 0 Å². The maximum Gasteiger partial charge on any atom is 0.307 e. The van der Waals surface area contributed by atoms with E-state index in [0.29, 0.717) is 36.8 Å². The number of carboxylic acid groups (broad SMARTS) is 1. The highest BCUT2D eigenvalue weighted by atomic mass is 16.4. The van der Waals surface area contributed by atoms with Gasteiger partial charge in [0, 0.05) is 19.0 Å². The summed E-state index contributed by atoms with van der Waals surface area (Å²) in [7, 11) is 0. The molecule has 2 aromatic carbocycles. The largest absolute Gasteiger partial charge is 0.508 e. The molecule has 10 nitrogen and oxygen atoms in total. The number of carbonyl (C=O) groups is 4. The summed E-state index contributed by atoms with van der Waals surface area (Å²) >= 11 is 0. The fraction of sp³-hybridized carbons (Fsp3) is 0.379. The Kier molecular flexibility index (Phi) is 11.1. The molecule has 0 bridgehead atoms. The first-order valence-electron chi connectivity index (χ1n) is 13.1. The lowest BCUT2D eigenvalue weighted by atomic mass is 10.0. The first kappa shape index (κ1) is 29.4. The van der Waals surface area contributed by atoms with E-state index in [1.165, 1.54) is 12.1 Å². The molecule has 3 atom stereocenters. The SMILES string of the molecule is N[C@H]1CCC/C=C/C[C@@H](C(=O)NCc2ccccc2CC(=O)O)NC(=O)C[C@H](Cc2ccc(O)cc2)NC1=O. The Labute approximate surface area is 227 Å². The molecule has 0 aliphatic carbocycles. The van der Waals surface area contributed by atoms with Crippen LogP contribution in [0, 0.1) is 0 Å². The van der Waals surface area contributed by atoms with E-state index in [1.54, 1.807) is 36.4 Å². The van der Waals surface area contributed by atoms with Gasteiger partial charge in [-0.2, -0.15) is 0 Å². The summed E-state index contributed by atoms with van der Waals surface area (Å²) in [6, 6.07) is 11.4. The topological polar surface area (TPSA) is 171 Å². The maximum atomic E-state index is 13.1. The van der Waals surface area contributed by atoms with E-state index >= 15 is 0 Å². The highest BCUT2D eigenvalue weighted by molar-refractivity contribution is 5.88. The third kappa shape index (κ3) is 9.90. The molecule has 0 aromatic heterocycles. The van der Waals surface area contributed by atoms with Crippen molar-refractivity contribution in [1.29, 1.82) is 0 Å². The fourth-order valence-electron chi connectivity index (χ4n) is 4.42. The van der Waals surface area contributed by atoms with E-state index in [2.05, 4.69) is 16.0 Å². The van der Waals surface area contributed by atoms with Gasteiger partial charge in [-0.3, -0.25) is 19.2 Å². The first-order chi connectivity index (χ1) is 18.7. The smallest absolute Gasteiger partial charge is 0.307 e. The highest BCUT2D eigenvalue weighted by Gasteiger charge is 2.25. The molecule has 0 saturated heterocycles. The van der Waals surface area contributed by atoms with Crippen LogP contribution in [0.5, 0.6) is 5.75 Å². The van der Waals surface area contributed by atoms with Gasteiger partial charge in [0.15, 0.2) is 0 Å². The molecule has 0 saturated carbocycles. The van der Waals surface area contributed by atoms with Crippen molar-refractivity contribution in [2.45, 2.75) is 69.6 Å². The number of phenols is 1. The summed E-state index contributed by atoms with van der Waals surface area (Å²) in [5.74, 6) is -2.01. The number of rotatable bonds is 7. The maximum absolute atomic E-state index is 13.1. The minimum absolute atomic E-state index is 0.0751. The Morgan fingerprint density at radius 3 is 2.44 bits per heavy atom. The van der Waals surface area contributed by atoms with Crippen LogP contribution >= 0.6 is 0 Å². The van der Waals surface area contributed by atoms with Gasteiger partial charge >= 0.3 is 5.97 Å². The second-order valence-corrected chi connectivity index (χ2v) is 9.70. The summed E-state index contributed by atoms with van der Waals surface area (Å²) in [6.07, 6.45) is 5.94. The molecular weight excluding hydrogens is 500 g/mol. The Balaban J connectivity index is 1.73. The quantitative estimate of drug-likeness (QED) is 0.292. The van der Waals surface area contributed by atoms with Gasteiger partial charge in [0.2, 0.25) is 17.7 Å². The predicted octanol–water partition coefficient (Wildman–Crippen LogP) is 1.70. The van der Waals surface area contributed by atoms with Crippen molar-refractivity contribution in [3.8, 4) is 5.75 Å². The van der Waals surface area contributed by atoms with Gasteiger partial charge in [0.25, 0.3) is 0 Å². The molecule has 1 heterocycles. The summed E-state index contributed by atoms with van der Waals surface area (Å²) in [4.78, 5) is 50.0. The fourth-order valence-corrected chi connectivity index (χ4v) is 4.42. The van der Waals surface area contributed by atoms with Crippen molar-refractivity contribution >= 4 is 23.7 Å². The highest BCUT2D eigenvalue weighted by Crippen LogP contribution is 2.14. The average molecular weight is 537 g/mol. The van der Waals surface area contributed by atoms with Gasteiger partial charge in [-0.05, 0) is 60.9 Å². The van der Waals surface area contributed by atoms with Crippen LogP contribution in [-0.2, 0) is 38.6 Å². The van der Waals surface area contributed by atoms with Gasteiger partial charge in [-0.15, -0.1) is 0 Å². The number of amides is 3. The molecule has 39 heavy (non-hydrogen) atoms. The van der Waals surface area contributed by atoms with E-state index in [4.69, 9.17) is 10.8 Å². The van der Waals surface area contributed by atoms with E-state index in [9.17, 15) is 24.3 Å². The Morgan fingerprint density at radius 1 is 1.00 bits per heavy atom. The zero-order valence-electron chi connectivity index (χ0n) is 21.8. The van der Waals surface area contributed by atoms with Crippen LogP contribution in [0.4, 0.5) is 0 Å². The lowest BCUT2D eigenvalue weighted by Crippen LogP contribution is -2.50. The molecule has 0 spiro atoms. The number of nitrogens with two attached hydrogens (primary N) is 1. The number of phenolic OH excluding ortho intramolecular Hbond substituents is 1. The zero-order chi connectivity index (χ0) is 28.2. The second-order valence-electron chi connectivity index (χ2n) is 9.70. The van der Waals surface area contributed by atoms with Crippen LogP contribution in [0.25, 0.3) is 0 Å². The van der Waals surface area contributed by atoms with Crippen LogP contribution in [0.15, 0.2) is 60.7 Å². The van der Waals surface area contributed by atoms with E-state index in [1.807, 2.05) is 12.2 Å². The summed E-state index contributed by atoms with van der Waals surface area (Å²) in [5.41, 5.74) is 8.17. The predicted molar refractivity (Wildman–Crippen MR) is 146 cm³/mol. The molecule has 3 amide bonds. The Morgan fingerprint density at radius 2 is 1.72 bits per heavy atom. The van der Waals surface area contributed by atoms with Gasteiger partial charge < -0.3 is 31.9 Å². The number of aromatic hydroxyl groups is 1. The molecule has 1 aliphatic heterocycles. The van der Waals surface area contributed by atoms with Gasteiger partial charge in [-0.25, -0.2) is 0 Å². The van der Waals surface area contributed by atoms with E-state index in [-0.39, 0.29) is 37.5 Å². The number of allylic oxidation sites excluding steroid dienone is 1. The average Bonchev–Trinajstić information content (AvgIpc) is 2.89. The van der Waals surface area contributed by atoms with Gasteiger partial charge in [0.1, 0.15) is 11.8 Å². The standard InChI is InChI=1S/C29H36N4O6/c30-24-9-3-1-2-4-10-25(29(39)31-18-21-8-6-5-7-20(21)16-27(36)37)33-26(35)17-22(32-28(24)38)15-19-11-13-23(34)14-12-19/h2,4-8,11-14,22,24-25,34H,1,3,9-10,15-18,30H2,(H,31,39)(H,32,38)(H,33,35)(H,36,37)/b4-2+/t22-,24-,25-/m0/s1. The van der Waals surface area contributed by atoms with Crippen LogP contribution in [0.1, 0.15) is 48.8 Å². The van der Waals surface area contributed by atoms with Crippen molar-refractivity contribution in [2.24, 2.45) is 5.73 Å². The van der Waals surface area contributed by atoms with Crippen molar-refractivity contribution in [3.05, 3.63) is 77.4 Å². The number of hydrogen-bond acceptors (Lipinski definition) is 6. The summed E-state index contributed by atoms with van der Waals surface area (Å²) in [5, 5.41) is 27.2. The summed E-state index contributed by atoms with van der Waals surface area (Å²) in [6.45, 7) is 0.121. The second kappa shape index (κ2) is 14.7. The number of nitrogens with one attached hydrogen (secondary N) is 3.